The summed E-state index contributed by atoms with van der Waals surface area (Å²) in [5, 5.41) is 3.53. The van der Waals surface area contributed by atoms with Gasteiger partial charge in [-0.3, -0.25) is 0 Å². The van der Waals surface area contributed by atoms with Gasteiger partial charge in [-0.25, -0.2) is 0 Å². The van der Waals surface area contributed by atoms with Crippen molar-refractivity contribution in [3.05, 3.63) is 29.8 Å². The summed E-state index contributed by atoms with van der Waals surface area (Å²) in [4.78, 5) is 0. The molecule has 0 radical (unpaired) electrons. The lowest BCUT2D eigenvalue weighted by Gasteiger charge is -2.26. The van der Waals surface area contributed by atoms with E-state index in [2.05, 4.69) is 71.1 Å². The van der Waals surface area contributed by atoms with E-state index in [1.54, 1.807) is 0 Å². The Morgan fingerprint density at radius 1 is 1.10 bits per heavy atom. The molecule has 2 nitrogen and oxygen atoms in total. The van der Waals surface area contributed by atoms with E-state index in [9.17, 15) is 0 Å². The molecular formula is C18H31NO. The van der Waals surface area contributed by atoms with Gasteiger partial charge < -0.3 is 10.1 Å². The highest BCUT2D eigenvalue weighted by molar-refractivity contribution is 5.36. The molecule has 1 aromatic rings. The number of rotatable bonds is 7. The lowest BCUT2D eigenvalue weighted by Crippen LogP contribution is -2.42. The first-order valence-corrected chi connectivity index (χ1v) is 7.88. The Morgan fingerprint density at radius 3 is 2.30 bits per heavy atom. The van der Waals surface area contributed by atoms with E-state index >= 15 is 0 Å². The summed E-state index contributed by atoms with van der Waals surface area (Å²) in [6.07, 6.45) is 2.37. The number of hydrogen-bond acceptors (Lipinski definition) is 2. The van der Waals surface area contributed by atoms with Crippen LogP contribution in [0.15, 0.2) is 24.3 Å². The third kappa shape index (κ3) is 5.54. The van der Waals surface area contributed by atoms with E-state index in [1.807, 2.05) is 0 Å². The van der Waals surface area contributed by atoms with E-state index in [0.717, 1.165) is 25.1 Å². The molecule has 0 spiro atoms. The minimum absolute atomic E-state index is 0.132. The molecule has 1 N–H and O–H groups in total. The highest BCUT2D eigenvalue weighted by Gasteiger charge is 2.16. The SMILES string of the molecule is CCC(CNC(C)(C)C)Oc1ccccc1C(C)CC. The third-order valence-corrected chi connectivity index (χ3v) is 3.67. The second kappa shape index (κ2) is 7.68. The Morgan fingerprint density at radius 2 is 1.75 bits per heavy atom. The molecule has 0 saturated heterocycles. The van der Waals surface area contributed by atoms with E-state index in [1.165, 1.54) is 5.56 Å². The second-order valence-corrected chi connectivity index (χ2v) is 6.63. The fourth-order valence-electron chi connectivity index (χ4n) is 2.08. The monoisotopic (exact) mass is 277 g/mol. The number of nitrogens with one attached hydrogen (secondary N) is 1. The van der Waals surface area contributed by atoms with Crippen LogP contribution in [0.25, 0.3) is 0 Å². The first-order chi connectivity index (χ1) is 9.37. The predicted octanol–water partition coefficient (Wildman–Crippen LogP) is 4.75. The van der Waals surface area contributed by atoms with Crippen molar-refractivity contribution in [1.29, 1.82) is 0 Å². The van der Waals surface area contributed by atoms with E-state index < -0.39 is 0 Å². The number of para-hydroxylation sites is 1. The molecule has 0 bridgehead atoms. The Hall–Kier alpha value is -1.02. The smallest absolute Gasteiger partial charge is 0.123 e. The largest absolute Gasteiger partial charge is 0.489 e. The van der Waals surface area contributed by atoms with Gasteiger partial charge in [0.05, 0.1) is 0 Å². The molecule has 0 aliphatic carbocycles. The maximum atomic E-state index is 6.25. The van der Waals surface area contributed by atoms with Crippen LogP contribution in [0.4, 0.5) is 0 Å². The van der Waals surface area contributed by atoms with Crippen molar-refractivity contribution in [1.82, 2.24) is 5.32 Å². The van der Waals surface area contributed by atoms with Crippen molar-refractivity contribution in [2.24, 2.45) is 0 Å². The summed E-state index contributed by atoms with van der Waals surface area (Å²) in [7, 11) is 0. The zero-order valence-corrected chi connectivity index (χ0v) is 14.0. The molecule has 114 valence electrons. The van der Waals surface area contributed by atoms with Gasteiger partial charge in [-0.05, 0) is 51.2 Å². The first kappa shape index (κ1) is 17.0. The summed E-state index contributed by atoms with van der Waals surface area (Å²) >= 11 is 0. The number of ether oxygens (including phenoxy) is 1. The lowest BCUT2D eigenvalue weighted by molar-refractivity contribution is 0.179. The average Bonchev–Trinajstić information content (AvgIpc) is 2.42. The van der Waals surface area contributed by atoms with Crippen LogP contribution < -0.4 is 10.1 Å². The second-order valence-electron chi connectivity index (χ2n) is 6.63. The minimum Gasteiger partial charge on any atom is -0.489 e. The maximum Gasteiger partial charge on any atom is 0.123 e. The molecule has 0 amide bonds. The highest BCUT2D eigenvalue weighted by atomic mass is 16.5. The van der Waals surface area contributed by atoms with Gasteiger partial charge in [-0.2, -0.15) is 0 Å². The van der Waals surface area contributed by atoms with Crippen molar-refractivity contribution in [2.45, 2.75) is 71.9 Å². The summed E-state index contributed by atoms with van der Waals surface area (Å²) in [5.74, 6) is 1.59. The van der Waals surface area contributed by atoms with Gasteiger partial charge in [-0.15, -0.1) is 0 Å². The minimum atomic E-state index is 0.132. The van der Waals surface area contributed by atoms with Gasteiger partial charge in [0, 0.05) is 12.1 Å². The Balaban J connectivity index is 2.74. The Labute approximate surface area is 124 Å². The summed E-state index contributed by atoms with van der Waals surface area (Å²) in [6.45, 7) is 14.1. The average molecular weight is 277 g/mol. The molecular weight excluding hydrogens is 246 g/mol. The van der Waals surface area contributed by atoms with E-state index in [0.29, 0.717) is 5.92 Å². The Bertz CT molecular complexity index is 395. The zero-order chi connectivity index (χ0) is 15.2. The van der Waals surface area contributed by atoms with Crippen molar-refractivity contribution in [2.75, 3.05) is 6.54 Å². The van der Waals surface area contributed by atoms with Crippen molar-refractivity contribution in [3.63, 3.8) is 0 Å². The zero-order valence-electron chi connectivity index (χ0n) is 14.0. The quantitative estimate of drug-likeness (QED) is 0.777. The first-order valence-electron chi connectivity index (χ1n) is 7.88. The van der Waals surface area contributed by atoms with Gasteiger partial charge in [0.25, 0.3) is 0 Å². The van der Waals surface area contributed by atoms with Crippen LogP contribution >= 0.6 is 0 Å². The van der Waals surface area contributed by atoms with Crippen LogP contribution in [0.3, 0.4) is 0 Å². The van der Waals surface area contributed by atoms with Gasteiger partial charge in [0.15, 0.2) is 0 Å². The van der Waals surface area contributed by atoms with Gasteiger partial charge in [0.1, 0.15) is 11.9 Å². The molecule has 0 saturated carbocycles. The number of hydrogen-bond donors (Lipinski definition) is 1. The molecule has 0 aliphatic heterocycles. The summed E-state index contributed by atoms with van der Waals surface area (Å²) in [5.41, 5.74) is 1.46. The molecule has 0 aromatic heterocycles. The van der Waals surface area contributed by atoms with Gasteiger partial charge >= 0.3 is 0 Å². The van der Waals surface area contributed by atoms with Gasteiger partial charge in [-0.1, -0.05) is 39.0 Å². The van der Waals surface area contributed by atoms with Crippen LogP contribution in [-0.4, -0.2) is 18.2 Å². The highest BCUT2D eigenvalue weighted by Crippen LogP contribution is 2.29. The van der Waals surface area contributed by atoms with E-state index in [4.69, 9.17) is 4.74 Å². The van der Waals surface area contributed by atoms with Crippen molar-refractivity contribution < 1.29 is 4.74 Å². The summed E-state index contributed by atoms with van der Waals surface area (Å²) in [6, 6.07) is 8.45. The fraction of sp³-hybridized carbons (Fsp3) is 0.667. The summed E-state index contributed by atoms with van der Waals surface area (Å²) < 4.78 is 6.25. The van der Waals surface area contributed by atoms with Crippen LogP contribution in [0.5, 0.6) is 5.75 Å². The predicted molar refractivity (Wildman–Crippen MR) is 87.6 cm³/mol. The van der Waals surface area contributed by atoms with Crippen LogP contribution in [0, 0.1) is 0 Å². The molecule has 0 aliphatic rings. The molecule has 20 heavy (non-hydrogen) atoms. The third-order valence-electron chi connectivity index (χ3n) is 3.67. The molecule has 2 heteroatoms. The van der Waals surface area contributed by atoms with Crippen LogP contribution in [0.2, 0.25) is 0 Å². The molecule has 2 atom stereocenters. The molecule has 2 unspecified atom stereocenters. The number of benzene rings is 1. The fourth-order valence-corrected chi connectivity index (χ4v) is 2.08. The standard InChI is InChI=1S/C18H31NO/c1-7-14(3)16-11-9-10-12-17(16)20-15(8-2)13-19-18(4,5)6/h9-12,14-15,19H,7-8,13H2,1-6H3. The van der Waals surface area contributed by atoms with Crippen molar-refractivity contribution >= 4 is 0 Å². The van der Waals surface area contributed by atoms with Gasteiger partial charge in [0.2, 0.25) is 0 Å². The molecule has 1 rings (SSSR count). The van der Waals surface area contributed by atoms with E-state index in [-0.39, 0.29) is 11.6 Å². The normalized spacial score (nSPS) is 14.9. The van der Waals surface area contributed by atoms with Crippen molar-refractivity contribution in [3.8, 4) is 5.75 Å². The van der Waals surface area contributed by atoms with Crippen LogP contribution in [-0.2, 0) is 0 Å². The topological polar surface area (TPSA) is 21.3 Å². The lowest BCUT2D eigenvalue weighted by atomic mass is 9.98. The maximum absolute atomic E-state index is 6.25. The Kier molecular flexibility index (Phi) is 6.54. The molecule has 1 aromatic carbocycles. The molecule has 0 heterocycles. The van der Waals surface area contributed by atoms with Crippen LogP contribution in [0.1, 0.15) is 65.9 Å². The molecule has 0 fully saturated rings.